The molecule has 0 fully saturated rings. The Balaban J connectivity index is 1.48. The Morgan fingerprint density at radius 1 is 1.23 bits per heavy atom. The molecule has 3 aromatic heterocycles. The van der Waals surface area contributed by atoms with E-state index < -0.39 is 0 Å². The number of fused-ring (bicyclic) bond motifs is 1. The van der Waals surface area contributed by atoms with Gasteiger partial charge in [-0.3, -0.25) is 9.89 Å². The van der Waals surface area contributed by atoms with Gasteiger partial charge in [-0.2, -0.15) is 10.4 Å². The summed E-state index contributed by atoms with van der Waals surface area (Å²) in [6.45, 7) is 0.389. The lowest BCUT2D eigenvalue weighted by atomic mass is 10.1. The molecule has 0 aliphatic rings. The molecule has 26 heavy (non-hydrogen) atoms. The van der Waals surface area contributed by atoms with Crippen molar-refractivity contribution in [3.63, 3.8) is 0 Å². The van der Waals surface area contributed by atoms with E-state index >= 15 is 0 Å². The van der Waals surface area contributed by atoms with Crippen LogP contribution in [0.4, 0.5) is 0 Å². The number of aromatic nitrogens is 4. The highest BCUT2D eigenvalue weighted by molar-refractivity contribution is 5.97. The average molecular weight is 342 g/mol. The maximum atomic E-state index is 12.4. The third-order valence-corrected chi connectivity index (χ3v) is 4.07. The molecule has 7 nitrogen and oxygen atoms in total. The number of amides is 1. The molecule has 0 aliphatic carbocycles. The van der Waals surface area contributed by atoms with Crippen LogP contribution in [0.2, 0.25) is 0 Å². The summed E-state index contributed by atoms with van der Waals surface area (Å²) in [5.41, 5.74) is 4.21. The fourth-order valence-electron chi connectivity index (χ4n) is 2.70. The van der Waals surface area contributed by atoms with Crippen molar-refractivity contribution in [2.45, 2.75) is 6.54 Å². The topological polar surface area (TPSA) is 110 Å². The van der Waals surface area contributed by atoms with Crippen molar-refractivity contribution in [1.82, 2.24) is 25.5 Å². The van der Waals surface area contributed by atoms with Crippen molar-refractivity contribution in [3.05, 3.63) is 71.5 Å². The van der Waals surface area contributed by atoms with Crippen LogP contribution in [0.5, 0.6) is 0 Å². The summed E-state index contributed by atoms with van der Waals surface area (Å²) in [7, 11) is 0. The monoisotopic (exact) mass is 342 g/mol. The molecule has 0 saturated carbocycles. The number of benzene rings is 1. The smallest absolute Gasteiger partial charge is 0.253 e. The Kier molecular flexibility index (Phi) is 3.92. The molecule has 3 heterocycles. The first-order valence-corrected chi connectivity index (χ1v) is 8.00. The van der Waals surface area contributed by atoms with Crippen LogP contribution in [0.25, 0.3) is 22.4 Å². The van der Waals surface area contributed by atoms with Crippen LogP contribution in [0, 0.1) is 11.3 Å². The predicted molar refractivity (Wildman–Crippen MR) is 96.0 cm³/mol. The van der Waals surface area contributed by atoms with E-state index in [1.54, 1.807) is 30.6 Å². The molecule has 0 bridgehead atoms. The number of nitrogens with zero attached hydrogens (tertiary/aromatic N) is 3. The first-order chi connectivity index (χ1) is 12.7. The standard InChI is InChI=1S/C19H14N6O/c20-9-12-3-5-13(6-4-12)10-23-19(26)14-8-16(22-11-14)17-15-2-1-7-21-18(15)25-24-17/h1-8,11,22H,10H2,(H,23,26)(H,21,24,25). The third-order valence-electron chi connectivity index (χ3n) is 4.07. The first kappa shape index (κ1) is 15.6. The van der Waals surface area contributed by atoms with Crippen molar-refractivity contribution in [2.75, 3.05) is 0 Å². The summed E-state index contributed by atoms with van der Waals surface area (Å²) in [4.78, 5) is 19.7. The summed E-state index contributed by atoms with van der Waals surface area (Å²) < 4.78 is 0. The van der Waals surface area contributed by atoms with Crippen molar-refractivity contribution < 1.29 is 4.79 Å². The second kappa shape index (κ2) is 6.53. The number of nitrogens with one attached hydrogen (secondary N) is 3. The van der Waals surface area contributed by atoms with Gasteiger partial charge in [0.15, 0.2) is 5.65 Å². The molecule has 0 aliphatic heterocycles. The van der Waals surface area contributed by atoms with E-state index in [1.807, 2.05) is 24.3 Å². The molecule has 0 spiro atoms. The summed E-state index contributed by atoms with van der Waals surface area (Å²) in [5, 5.41) is 19.7. The minimum Gasteiger partial charge on any atom is -0.359 e. The molecule has 126 valence electrons. The molecule has 7 heteroatoms. The van der Waals surface area contributed by atoms with Crippen molar-refractivity contribution in [2.24, 2.45) is 0 Å². The number of pyridine rings is 1. The lowest BCUT2D eigenvalue weighted by Gasteiger charge is -2.03. The minimum atomic E-state index is -0.185. The van der Waals surface area contributed by atoms with Gasteiger partial charge >= 0.3 is 0 Å². The zero-order valence-electron chi connectivity index (χ0n) is 13.7. The van der Waals surface area contributed by atoms with E-state index in [2.05, 4.69) is 31.6 Å². The number of H-pyrrole nitrogens is 2. The summed E-state index contributed by atoms with van der Waals surface area (Å²) in [6, 6.07) is 14.7. The van der Waals surface area contributed by atoms with Gasteiger partial charge in [0.1, 0.15) is 5.69 Å². The molecular formula is C19H14N6O. The molecule has 0 radical (unpaired) electrons. The Morgan fingerprint density at radius 3 is 2.88 bits per heavy atom. The van der Waals surface area contributed by atoms with Gasteiger partial charge in [0.2, 0.25) is 0 Å². The van der Waals surface area contributed by atoms with E-state index in [9.17, 15) is 4.79 Å². The normalized spacial score (nSPS) is 10.6. The van der Waals surface area contributed by atoms with Gasteiger partial charge in [-0.25, -0.2) is 4.98 Å². The number of aromatic amines is 2. The second-order valence-corrected chi connectivity index (χ2v) is 5.77. The van der Waals surface area contributed by atoms with Crippen LogP contribution in [0.3, 0.4) is 0 Å². The fourth-order valence-corrected chi connectivity index (χ4v) is 2.70. The molecule has 0 unspecified atom stereocenters. The van der Waals surface area contributed by atoms with Crippen molar-refractivity contribution in [3.8, 4) is 17.5 Å². The highest BCUT2D eigenvalue weighted by Crippen LogP contribution is 2.24. The van der Waals surface area contributed by atoms with E-state index in [1.165, 1.54) is 0 Å². The largest absolute Gasteiger partial charge is 0.359 e. The van der Waals surface area contributed by atoms with E-state index in [4.69, 9.17) is 5.26 Å². The molecule has 4 rings (SSSR count). The van der Waals surface area contributed by atoms with E-state index in [-0.39, 0.29) is 5.91 Å². The summed E-state index contributed by atoms with van der Waals surface area (Å²) >= 11 is 0. The molecular weight excluding hydrogens is 328 g/mol. The quantitative estimate of drug-likeness (QED) is 0.529. The minimum absolute atomic E-state index is 0.185. The van der Waals surface area contributed by atoms with Crippen molar-refractivity contribution >= 4 is 16.9 Å². The maximum absolute atomic E-state index is 12.4. The first-order valence-electron chi connectivity index (χ1n) is 8.00. The fraction of sp³-hybridized carbons (Fsp3) is 0.0526. The average Bonchev–Trinajstić information content (AvgIpc) is 3.33. The van der Waals surface area contributed by atoms with Crippen LogP contribution in [0.15, 0.2) is 54.9 Å². The molecule has 1 aromatic carbocycles. The number of hydrogen-bond donors (Lipinski definition) is 3. The molecule has 4 aromatic rings. The number of carbonyl (C=O) groups is 1. The Hall–Kier alpha value is -3.92. The lowest BCUT2D eigenvalue weighted by molar-refractivity contribution is 0.0951. The van der Waals surface area contributed by atoms with Crippen LogP contribution < -0.4 is 5.32 Å². The van der Waals surface area contributed by atoms with Gasteiger partial charge in [0.05, 0.1) is 22.9 Å². The van der Waals surface area contributed by atoms with Gasteiger partial charge in [-0.05, 0) is 35.9 Å². The number of rotatable bonds is 4. The second-order valence-electron chi connectivity index (χ2n) is 5.77. The van der Waals surface area contributed by atoms with E-state index in [0.717, 1.165) is 22.3 Å². The molecule has 3 N–H and O–H groups in total. The zero-order chi connectivity index (χ0) is 17.9. The molecule has 1 amide bonds. The van der Waals surface area contributed by atoms with Gasteiger partial charge < -0.3 is 10.3 Å². The highest BCUT2D eigenvalue weighted by Gasteiger charge is 2.13. The summed E-state index contributed by atoms with van der Waals surface area (Å²) in [5.74, 6) is -0.185. The zero-order valence-corrected chi connectivity index (χ0v) is 13.7. The summed E-state index contributed by atoms with van der Waals surface area (Å²) in [6.07, 6.45) is 3.35. The van der Waals surface area contributed by atoms with Gasteiger partial charge in [0, 0.05) is 24.3 Å². The number of hydrogen-bond acceptors (Lipinski definition) is 4. The Labute approximate surface area is 148 Å². The van der Waals surface area contributed by atoms with Crippen LogP contribution in [-0.2, 0) is 6.54 Å². The third kappa shape index (κ3) is 2.91. The maximum Gasteiger partial charge on any atom is 0.253 e. The van der Waals surface area contributed by atoms with Gasteiger partial charge in [-0.15, -0.1) is 0 Å². The Bertz CT molecular complexity index is 1120. The van der Waals surface area contributed by atoms with Crippen LogP contribution >= 0.6 is 0 Å². The van der Waals surface area contributed by atoms with Crippen LogP contribution in [0.1, 0.15) is 21.5 Å². The van der Waals surface area contributed by atoms with E-state index in [0.29, 0.717) is 23.3 Å². The number of carbonyl (C=O) groups excluding carboxylic acids is 1. The molecule has 0 saturated heterocycles. The van der Waals surface area contributed by atoms with Crippen molar-refractivity contribution in [1.29, 1.82) is 5.26 Å². The van der Waals surface area contributed by atoms with Gasteiger partial charge in [-0.1, -0.05) is 12.1 Å². The number of nitriles is 1. The predicted octanol–water partition coefficient (Wildman–Crippen LogP) is 2.75. The Morgan fingerprint density at radius 2 is 2.08 bits per heavy atom. The van der Waals surface area contributed by atoms with Gasteiger partial charge in [0.25, 0.3) is 5.91 Å². The SMILES string of the molecule is N#Cc1ccc(CNC(=O)c2c[nH]c(-c3n[nH]c4ncccc34)c2)cc1. The lowest BCUT2D eigenvalue weighted by Crippen LogP contribution is -2.22. The molecule has 0 atom stereocenters. The highest BCUT2D eigenvalue weighted by atomic mass is 16.1. The van der Waals surface area contributed by atoms with Crippen LogP contribution in [-0.4, -0.2) is 26.1 Å².